The Morgan fingerprint density at radius 2 is 1.87 bits per heavy atom. The molecule has 0 bridgehead atoms. The van der Waals surface area contributed by atoms with Gasteiger partial charge in [0.25, 0.3) is 5.91 Å². The number of amides is 1. The molecule has 0 saturated carbocycles. The molecule has 0 unspecified atom stereocenters. The Bertz CT molecular complexity index is 415. The first kappa shape index (κ1) is 11.3. The number of nitrogens with zero attached hydrogens (tertiary/aromatic N) is 1. The third-order valence-electron chi connectivity index (χ3n) is 1.50. The topological polar surface area (TPSA) is 56.0 Å². The number of hydrogen-bond donors (Lipinski definition) is 1. The maximum Gasteiger partial charge on any atom is 0.417 e. The Morgan fingerprint density at radius 3 is 2.27 bits per heavy atom. The lowest BCUT2D eigenvalue weighted by Gasteiger charge is -2.10. The second kappa shape index (κ2) is 3.44. The SMILES string of the molecule is NC(=O)c1c(C(F)(F)F)cc(F)nc1F. The lowest BCUT2D eigenvalue weighted by atomic mass is 10.1. The van der Waals surface area contributed by atoms with Crippen LogP contribution >= 0.6 is 0 Å². The Balaban J connectivity index is 3.54. The summed E-state index contributed by atoms with van der Waals surface area (Å²) in [6.45, 7) is 0. The lowest BCUT2D eigenvalue weighted by molar-refractivity contribution is -0.138. The Labute approximate surface area is 79.7 Å². The fourth-order valence-electron chi connectivity index (χ4n) is 0.942. The standard InChI is InChI=1S/C7H3F5N2O/c8-3-1-2(7(10,11)12)4(6(13)15)5(9)14-3/h1H,(H2,13,15). The molecule has 8 heteroatoms. The largest absolute Gasteiger partial charge is 0.417 e. The first-order chi connectivity index (χ1) is 6.73. The number of carbonyl (C=O) groups excluding carboxylic acids is 1. The highest BCUT2D eigenvalue weighted by atomic mass is 19.4. The minimum absolute atomic E-state index is 0.0941. The molecule has 0 aliphatic rings. The molecule has 1 aromatic rings. The molecule has 3 nitrogen and oxygen atoms in total. The van der Waals surface area contributed by atoms with E-state index < -0.39 is 35.1 Å². The molecule has 0 spiro atoms. The molecule has 0 radical (unpaired) electrons. The Kier molecular flexibility index (Phi) is 2.61. The van der Waals surface area contributed by atoms with E-state index in [2.05, 4.69) is 10.7 Å². The van der Waals surface area contributed by atoms with Crippen LogP contribution in [0.25, 0.3) is 0 Å². The maximum absolute atomic E-state index is 12.7. The molecule has 1 rings (SSSR count). The average molecular weight is 226 g/mol. The zero-order valence-corrected chi connectivity index (χ0v) is 6.90. The summed E-state index contributed by atoms with van der Waals surface area (Å²) in [6.07, 6.45) is -5.07. The minimum atomic E-state index is -5.07. The molecule has 15 heavy (non-hydrogen) atoms. The van der Waals surface area contributed by atoms with Gasteiger partial charge < -0.3 is 5.73 Å². The quantitative estimate of drug-likeness (QED) is 0.582. The monoisotopic (exact) mass is 226 g/mol. The highest BCUT2D eigenvalue weighted by Gasteiger charge is 2.37. The van der Waals surface area contributed by atoms with E-state index in [1.54, 1.807) is 0 Å². The van der Waals surface area contributed by atoms with Crippen LogP contribution in [0.1, 0.15) is 15.9 Å². The van der Waals surface area contributed by atoms with Gasteiger partial charge in [0.2, 0.25) is 11.9 Å². The molecule has 0 aromatic carbocycles. The van der Waals surface area contributed by atoms with Crippen molar-refractivity contribution in [1.29, 1.82) is 0 Å². The fraction of sp³-hybridized carbons (Fsp3) is 0.143. The van der Waals surface area contributed by atoms with Gasteiger partial charge in [-0.05, 0) is 0 Å². The van der Waals surface area contributed by atoms with Crippen molar-refractivity contribution in [2.24, 2.45) is 5.73 Å². The summed E-state index contributed by atoms with van der Waals surface area (Å²) >= 11 is 0. The maximum atomic E-state index is 12.7. The predicted octanol–water partition coefficient (Wildman–Crippen LogP) is 1.48. The lowest BCUT2D eigenvalue weighted by Crippen LogP contribution is -2.22. The molecule has 0 saturated heterocycles. The van der Waals surface area contributed by atoms with Crippen LogP contribution in [-0.2, 0) is 6.18 Å². The van der Waals surface area contributed by atoms with Crippen molar-refractivity contribution in [1.82, 2.24) is 4.98 Å². The zero-order valence-electron chi connectivity index (χ0n) is 6.90. The summed E-state index contributed by atoms with van der Waals surface area (Å²) in [4.78, 5) is 13.0. The van der Waals surface area contributed by atoms with E-state index in [0.29, 0.717) is 0 Å². The smallest absolute Gasteiger partial charge is 0.365 e. The van der Waals surface area contributed by atoms with Crippen LogP contribution in [0, 0.1) is 11.9 Å². The second-order valence-electron chi connectivity index (χ2n) is 2.52. The Hall–Kier alpha value is -1.73. The van der Waals surface area contributed by atoms with Crippen molar-refractivity contribution in [3.8, 4) is 0 Å². The number of halogens is 5. The van der Waals surface area contributed by atoms with E-state index >= 15 is 0 Å². The van der Waals surface area contributed by atoms with Gasteiger partial charge in [-0.3, -0.25) is 4.79 Å². The molecule has 0 aliphatic carbocycles. The molecule has 1 amide bonds. The number of primary amides is 1. The summed E-state index contributed by atoms with van der Waals surface area (Å²) in [5, 5.41) is 0. The van der Waals surface area contributed by atoms with Gasteiger partial charge in [-0.2, -0.15) is 26.9 Å². The average Bonchev–Trinajstić information content (AvgIpc) is 1.99. The normalized spacial score (nSPS) is 11.5. The van der Waals surface area contributed by atoms with E-state index in [1.165, 1.54) is 0 Å². The molecular weight excluding hydrogens is 223 g/mol. The third kappa shape index (κ3) is 2.20. The van der Waals surface area contributed by atoms with Crippen molar-refractivity contribution < 1.29 is 26.7 Å². The first-order valence-electron chi connectivity index (χ1n) is 3.46. The summed E-state index contributed by atoms with van der Waals surface area (Å²) in [7, 11) is 0. The number of aromatic nitrogens is 1. The number of hydrogen-bond acceptors (Lipinski definition) is 2. The van der Waals surface area contributed by atoms with Crippen molar-refractivity contribution in [2.45, 2.75) is 6.18 Å². The minimum Gasteiger partial charge on any atom is -0.365 e. The summed E-state index contributed by atoms with van der Waals surface area (Å²) in [5.74, 6) is -5.22. The van der Waals surface area contributed by atoms with Gasteiger partial charge in [0.05, 0.1) is 5.56 Å². The van der Waals surface area contributed by atoms with Gasteiger partial charge in [0.15, 0.2) is 0 Å². The summed E-state index contributed by atoms with van der Waals surface area (Å²) < 4.78 is 61.7. The van der Waals surface area contributed by atoms with Crippen LogP contribution in [0.4, 0.5) is 22.0 Å². The van der Waals surface area contributed by atoms with Gasteiger partial charge in [-0.15, -0.1) is 0 Å². The molecule has 0 aliphatic heterocycles. The molecule has 1 heterocycles. The van der Waals surface area contributed by atoms with Gasteiger partial charge in [0, 0.05) is 6.07 Å². The highest BCUT2D eigenvalue weighted by Crippen LogP contribution is 2.32. The molecule has 0 atom stereocenters. The molecule has 0 fully saturated rings. The summed E-state index contributed by atoms with van der Waals surface area (Å²) in [6, 6.07) is -0.0941. The van der Waals surface area contributed by atoms with Gasteiger partial charge >= 0.3 is 6.18 Å². The molecule has 1 aromatic heterocycles. The van der Waals surface area contributed by atoms with Crippen LogP contribution in [0.5, 0.6) is 0 Å². The number of nitrogens with two attached hydrogens (primary N) is 1. The molecule has 82 valence electrons. The predicted molar refractivity (Wildman–Crippen MR) is 37.7 cm³/mol. The fourth-order valence-corrected chi connectivity index (χ4v) is 0.942. The second-order valence-corrected chi connectivity index (χ2v) is 2.52. The van der Waals surface area contributed by atoms with Crippen LogP contribution in [0.15, 0.2) is 6.07 Å². The van der Waals surface area contributed by atoms with Crippen LogP contribution in [-0.4, -0.2) is 10.9 Å². The molecular formula is C7H3F5N2O. The third-order valence-corrected chi connectivity index (χ3v) is 1.50. The van der Waals surface area contributed by atoms with Crippen LogP contribution < -0.4 is 5.73 Å². The number of alkyl halides is 3. The highest BCUT2D eigenvalue weighted by molar-refractivity contribution is 5.94. The summed E-state index contributed by atoms with van der Waals surface area (Å²) in [5.41, 5.74) is 1.27. The van der Waals surface area contributed by atoms with Gasteiger partial charge in [0.1, 0.15) is 5.56 Å². The van der Waals surface area contributed by atoms with E-state index in [0.717, 1.165) is 0 Å². The Morgan fingerprint density at radius 1 is 1.33 bits per heavy atom. The van der Waals surface area contributed by atoms with Crippen molar-refractivity contribution in [3.05, 3.63) is 29.1 Å². The number of carbonyl (C=O) groups is 1. The van der Waals surface area contributed by atoms with E-state index in [4.69, 9.17) is 0 Å². The number of pyridine rings is 1. The van der Waals surface area contributed by atoms with Crippen LogP contribution in [0.2, 0.25) is 0 Å². The van der Waals surface area contributed by atoms with E-state index in [-0.39, 0.29) is 6.07 Å². The van der Waals surface area contributed by atoms with Crippen LogP contribution in [0.3, 0.4) is 0 Å². The zero-order chi connectivity index (χ0) is 11.8. The van der Waals surface area contributed by atoms with Crippen molar-refractivity contribution in [2.75, 3.05) is 0 Å². The van der Waals surface area contributed by atoms with Crippen molar-refractivity contribution >= 4 is 5.91 Å². The van der Waals surface area contributed by atoms with E-state index in [1.807, 2.05) is 0 Å². The van der Waals surface area contributed by atoms with Crippen molar-refractivity contribution in [3.63, 3.8) is 0 Å². The van der Waals surface area contributed by atoms with E-state index in [9.17, 15) is 26.7 Å². The van der Waals surface area contributed by atoms with Gasteiger partial charge in [-0.1, -0.05) is 0 Å². The first-order valence-corrected chi connectivity index (χ1v) is 3.46. The van der Waals surface area contributed by atoms with Gasteiger partial charge in [-0.25, -0.2) is 0 Å². The number of rotatable bonds is 1. The molecule has 2 N–H and O–H groups in total.